The van der Waals surface area contributed by atoms with Gasteiger partial charge in [0.25, 0.3) is 0 Å². The third-order valence-corrected chi connectivity index (χ3v) is 4.60. The first-order valence-corrected chi connectivity index (χ1v) is 8.04. The fraction of sp³-hybridized carbons (Fsp3) is 0.500. The minimum atomic E-state index is -3.33. The molecular formula is C12H20N3O2P. The Morgan fingerprint density at radius 1 is 1.11 bits per heavy atom. The van der Waals surface area contributed by atoms with Crippen LogP contribution in [0.15, 0.2) is 24.3 Å². The van der Waals surface area contributed by atoms with Crippen molar-refractivity contribution in [3.8, 4) is 5.75 Å². The average Bonchev–Trinajstić information content (AvgIpc) is 2.32. The van der Waals surface area contributed by atoms with E-state index >= 15 is 0 Å². The van der Waals surface area contributed by atoms with Crippen molar-refractivity contribution in [1.82, 2.24) is 0 Å². The third-order valence-electron chi connectivity index (χ3n) is 3.37. The number of benzene rings is 1. The molecule has 0 aromatic heterocycles. The summed E-state index contributed by atoms with van der Waals surface area (Å²) in [6.07, 6.45) is 5.34. The highest BCUT2D eigenvalue weighted by Crippen LogP contribution is 2.43. The van der Waals surface area contributed by atoms with Gasteiger partial charge in [0.2, 0.25) is 0 Å². The van der Waals surface area contributed by atoms with Gasteiger partial charge in [-0.05, 0) is 37.1 Å². The average molecular weight is 269 g/mol. The number of nitrogens with zero attached hydrogens (tertiary/aromatic N) is 1. The Hall–Kier alpha value is -1.03. The molecule has 1 aliphatic carbocycles. The zero-order valence-electron chi connectivity index (χ0n) is 10.3. The topological polar surface area (TPSA) is 92.6 Å². The molecule has 2 rings (SSSR count). The molecule has 0 radical (unpaired) electrons. The molecule has 0 spiro atoms. The summed E-state index contributed by atoms with van der Waals surface area (Å²) in [5, 5.41) is 9.30. The molecule has 0 atom stereocenters. The Bertz CT molecular complexity index is 437. The number of phenols is 1. The van der Waals surface area contributed by atoms with E-state index in [0.29, 0.717) is 5.69 Å². The zero-order chi connectivity index (χ0) is 13.2. The number of aromatic hydroxyl groups is 1. The molecule has 5 N–H and O–H groups in total. The molecule has 0 amide bonds. The molecule has 1 aromatic rings. The number of rotatable bonds is 3. The lowest BCUT2D eigenvalue weighted by Gasteiger charge is -2.37. The molecule has 18 heavy (non-hydrogen) atoms. The normalized spacial score (nSPS) is 17.7. The van der Waals surface area contributed by atoms with Gasteiger partial charge >= 0.3 is 7.59 Å². The number of anilines is 1. The van der Waals surface area contributed by atoms with Crippen LogP contribution in [-0.4, -0.2) is 11.1 Å². The van der Waals surface area contributed by atoms with Crippen molar-refractivity contribution >= 4 is 13.3 Å². The van der Waals surface area contributed by atoms with Crippen LogP contribution in [-0.2, 0) is 4.57 Å². The predicted octanol–water partition coefficient (Wildman–Crippen LogP) is 2.56. The molecule has 1 fully saturated rings. The van der Waals surface area contributed by atoms with Crippen molar-refractivity contribution < 1.29 is 9.67 Å². The van der Waals surface area contributed by atoms with Gasteiger partial charge in [-0.2, -0.15) is 0 Å². The van der Waals surface area contributed by atoms with E-state index in [1.54, 1.807) is 28.9 Å². The fourth-order valence-electron chi connectivity index (χ4n) is 2.58. The van der Waals surface area contributed by atoms with E-state index in [0.717, 1.165) is 25.7 Å². The highest BCUT2D eigenvalue weighted by atomic mass is 31.2. The lowest BCUT2D eigenvalue weighted by Crippen LogP contribution is -2.39. The molecule has 0 saturated heterocycles. The lowest BCUT2D eigenvalue weighted by atomic mass is 9.95. The standard InChI is InChI=1S/C12H20N3O2P/c13-18(14,17)15(10-4-2-1-3-5-10)11-6-8-12(16)9-7-11/h6-10,16H,1-5H2,(H4,13,14,17). The minimum Gasteiger partial charge on any atom is -0.508 e. The van der Waals surface area contributed by atoms with Crippen LogP contribution in [0.3, 0.4) is 0 Å². The van der Waals surface area contributed by atoms with Gasteiger partial charge in [0.05, 0.1) is 0 Å². The van der Waals surface area contributed by atoms with Gasteiger partial charge in [0.15, 0.2) is 0 Å². The highest BCUT2D eigenvalue weighted by molar-refractivity contribution is 7.60. The maximum absolute atomic E-state index is 12.1. The predicted molar refractivity (Wildman–Crippen MR) is 73.4 cm³/mol. The maximum atomic E-state index is 12.1. The zero-order valence-corrected chi connectivity index (χ0v) is 11.2. The summed E-state index contributed by atoms with van der Waals surface area (Å²) < 4.78 is 13.8. The van der Waals surface area contributed by atoms with E-state index in [2.05, 4.69) is 0 Å². The molecule has 0 unspecified atom stereocenters. The van der Waals surface area contributed by atoms with E-state index in [4.69, 9.17) is 11.0 Å². The van der Waals surface area contributed by atoms with Crippen LogP contribution < -0.4 is 15.7 Å². The smallest absolute Gasteiger partial charge is 0.300 e. The van der Waals surface area contributed by atoms with E-state index in [-0.39, 0.29) is 11.8 Å². The van der Waals surface area contributed by atoms with Crippen molar-refractivity contribution in [1.29, 1.82) is 0 Å². The molecule has 100 valence electrons. The Morgan fingerprint density at radius 2 is 1.67 bits per heavy atom. The SMILES string of the molecule is NP(N)(=O)N(c1ccc(O)cc1)C1CCCCC1. The van der Waals surface area contributed by atoms with Crippen LogP contribution in [0.25, 0.3) is 0 Å². The van der Waals surface area contributed by atoms with Crippen molar-refractivity contribution in [3.63, 3.8) is 0 Å². The van der Waals surface area contributed by atoms with Crippen molar-refractivity contribution in [3.05, 3.63) is 24.3 Å². The summed E-state index contributed by atoms with van der Waals surface area (Å²) in [6.45, 7) is 0. The molecule has 0 bridgehead atoms. The second-order valence-electron chi connectivity index (χ2n) is 4.83. The van der Waals surface area contributed by atoms with Crippen molar-refractivity contribution in [2.45, 2.75) is 38.1 Å². The van der Waals surface area contributed by atoms with E-state index < -0.39 is 7.59 Å². The van der Waals surface area contributed by atoms with Gasteiger partial charge in [-0.15, -0.1) is 0 Å². The van der Waals surface area contributed by atoms with E-state index in [1.165, 1.54) is 6.42 Å². The summed E-state index contributed by atoms with van der Waals surface area (Å²) in [4.78, 5) is 0. The number of hydrogen-bond donors (Lipinski definition) is 3. The summed E-state index contributed by atoms with van der Waals surface area (Å²) >= 11 is 0. The Kier molecular flexibility index (Phi) is 3.95. The van der Waals surface area contributed by atoms with Crippen LogP contribution >= 0.6 is 7.59 Å². The maximum Gasteiger partial charge on any atom is 0.300 e. The van der Waals surface area contributed by atoms with Gasteiger partial charge in [0.1, 0.15) is 5.75 Å². The molecule has 0 heterocycles. The number of nitrogens with two attached hydrogens (primary N) is 2. The molecular weight excluding hydrogens is 249 g/mol. The van der Waals surface area contributed by atoms with E-state index in [1.807, 2.05) is 0 Å². The van der Waals surface area contributed by atoms with Gasteiger partial charge < -0.3 is 5.11 Å². The Balaban J connectivity index is 2.30. The Labute approximate surface area is 107 Å². The molecule has 1 aliphatic rings. The quantitative estimate of drug-likeness (QED) is 0.733. The molecule has 0 aliphatic heterocycles. The first-order valence-electron chi connectivity index (χ1n) is 6.24. The molecule has 5 nitrogen and oxygen atoms in total. The monoisotopic (exact) mass is 269 g/mol. The second-order valence-corrected chi connectivity index (χ2v) is 6.60. The number of phenolic OH excluding ortho intramolecular Hbond substituents is 1. The molecule has 1 saturated carbocycles. The summed E-state index contributed by atoms with van der Waals surface area (Å²) in [5.41, 5.74) is 12.1. The van der Waals surface area contributed by atoms with E-state index in [9.17, 15) is 9.67 Å². The Morgan fingerprint density at radius 3 is 2.17 bits per heavy atom. The number of hydrogen-bond acceptors (Lipinski definition) is 2. The van der Waals surface area contributed by atoms with Crippen LogP contribution in [0.2, 0.25) is 0 Å². The van der Waals surface area contributed by atoms with Gasteiger partial charge in [0, 0.05) is 11.7 Å². The third kappa shape index (κ3) is 3.05. The first-order chi connectivity index (χ1) is 8.48. The largest absolute Gasteiger partial charge is 0.508 e. The van der Waals surface area contributed by atoms with Crippen LogP contribution in [0.4, 0.5) is 5.69 Å². The van der Waals surface area contributed by atoms with Crippen molar-refractivity contribution in [2.24, 2.45) is 11.0 Å². The van der Waals surface area contributed by atoms with Gasteiger partial charge in [-0.1, -0.05) is 19.3 Å². The summed E-state index contributed by atoms with van der Waals surface area (Å²) in [6, 6.07) is 6.65. The second kappa shape index (κ2) is 5.31. The summed E-state index contributed by atoms with van der Waals surface area (Å²) in [5.74, 6) is 0.172. The van der Waals surface area contributed by atoms with Crippen molar-refractivity contribution in [2.75, 3.05) is 4.67 Å². The lowest BCUT2D eigenvalue weighted by molar-refractivity contribution is 0.437. The highest BCUT2D eigenvalue weighted by Gasteiger charge is 2.30. The van der Waals surface area contributed by atoms with Crippen LogP contribution in [0.5, 0.6) is 5.75 Å². The van der Waals surface area contributed by atoms with Crippen LogP contribution in [0, 0.1) is 0 Å². The minimum absolute atomic E-state index is 0.129. The van der Waals surface area contributed by atoms with Gasteiger partial charge in [-0.25, -0.2) is 0 Å². The fourth-order valence-corrected chi connectivity index (χ4v) is 3.81. The van der Waals surface area contributed by atoms with Gasteiger partial charge in [-0.3, -0.25) is 20.2 Å². The molecule has 1 aromatic carbocycles. The first kappa shape index (κ1) is 13.4. The summed E-state index contributed by atoms with van der Waals surface area (Å²) in [7, 11) is -3.33. The van der Waals surface area contributed by atoms with Crippen LogP contribution in [0.1, 0.15) is 32.1 Å². The molecule has 6 heteroatoms.